The van der Waals surface area contributed by atoms with Crippen molar-refractivity contribution in [3.05, 3.63) is 0 Å². The Bertz CT molecular complexity index is 411. The normalized spacial score (nSPS) is 23.2. The molecule has 0 saturated heterocycles. The molecule has 6 heteroatoms. The summed E-state index contributed by atoms with van der Waals surface area (Å²) in [7, 11) is 1.58. The van der Waals surface area contributed by atoms with Crippen LogP contribution < -0.4 is 0 Å². The molecule has 0 amide bonds. The van der Waals surface area contributed by atoms with E-state index >= 15 is 0 Å². The van der Waals surface area contributed by atoms with Gasteiger partial charge in [0.05, 0.1) is 27.2 Å². The Labute approximate surface area is 161 Å². The van der Waals surface area contributed by atoms with Crippen molar-refractivity contribution in [2.45, 2.75) is 95.9 Å². The number of hydrogen-bond acceptors (Lipinski definition) is 2. The van der Waals surface area contributed by atoms with Crippen molar-refractivity contribution in [2.24, 2.45) is 5.92 Å². The van der Waals surface area contributed by atoms with Crippen LogP contribution in [0.3, 0.4) is 0 Å². The second-order valence-electron chi connectivity index (χ2n) is 9.21. The first-order valence-corrected chi connectivity index (χ1v) is 12.3. The Morgan fingerprint density at radius 1 is 0.962 bits per heavy atom. The lowest BCUT2D eigenvalue weighted by molar-refractivity contribution is -0.872. The molecule has 0 heterocycles. The highest BCUT2D eigenvalue weighted by Gasteiger charge is 2.37. The second kappa shape index (κ2) is 11.8. The molecule has 1 aliphatic rings. The lowest BCUT2D eigenvalue weighted by Crippen LogP contribution is -2.43. The largest absolute Gasteiger partial charge is 0.359 e. The summed E-state index contributed by atoms with van der Waals surface area (Å²) in [6, 6.07) is 0. The SMILES string of the molecule is CCCCCCCCCC1CCC(OC(C[N+](C)(C)C)P(=O)(O)O)CC1. The summed E-state index contributed by atoms with van der Waals surface area (Å²) in [4.78, 5) is 19.2. The van der Waals surface area contributed by atoms with Gasteiger partial charge in [0, 0.05) is 0 Å². The summed E-state index contributed by atoms with van der Waals surface area (Å²) in [5.41, 5.74) is 0. The fraction of sp³-hybridized carbons (Fsp3) is 1.00. The van der Waals surface area contributed by atoms with Crippen molar-refractivity contribution in [3.63, 3.8) is 0 Å². The smallest absolute Gasteiger partial charge is 0.357 e. The molecule has 1 aliphatic carbocycles. The van der Waals surface area contributed by atoms with Crippen LogP contribution in [0.5, 0.6) is 0 Å². The van der Waals surface area contributed by atoms with Crippen LogP contribution >= 0.6 is 7.60 Å². The third kappa shape index (κ3) is 11.0. The molecule has 2 N–H and O–H groups in total. The molecule has 0 bridgehead atoms. The maximum Gasteiger partial charge on any atom is 0.359 e. The lowest BCUT2D eigenvalue weighted by Gasteiger charge is -2.34. The minimum absolute atomic E-state index is 0.00414. The summed E-state index contributed by atoms with van der Waals surface area (Å²) in [6.45, 7) is 2.59. The third-order valence-electron chi connectivity index (χ3n) is 5.44. The van der Waals surface area contributed by atoms with E-state index in [1.54, 1.807) is 0 Å². The predicted octanol–water partition coefficient (Wildman–Crippen LogP) is 4.91. The molecule has 0 aliphatic heterocycles. The number of ether oxygens (including phenoxy) is 1. The molecule has 0 aromatic rings. The molecule has 5 nitrogen and oxygen atoms in total. The maximum atomic E-state index is 11.8. The molecule has 0 aromatic carbocycles. The van der Waals surface area contributed by atoms with Gasteiger partial charge in [-0.3, -0.25) is 4.57 Å². The van der Waals surface area contributed by atoms with Crippen molar-refractivity contribution in [1.29, 1.82) is 0 Å². The Morgan fingerprint density at radius 2 is 1.50 bits per heavy atom. The molecule has 1 fully saturated rings. The minimum atomic E-state index is -4.23. The van der Waals surface area contributed by atoms with E-state index in [1.807, 2.05) is 21.1 Å². The van der Waals surface area contributed by atoms with E-state index in [-0.39, 0.29) is 6.10 Å². The van der Waals surface area contributed by atoms with Crippen LogP contribution in [0.25, 0.3) is 0 Å². The fourth-order valence-corrected chi connectivity index (χ4v) is 4.90. The average Bonchev–Trinajstić information content (AvgIpc) is 2.53. The van der Waals surface area contributed by atoms with Gasteiger partial charge in [-0.2, -0.15) is 0 Å². The van der Waals surface area contributed by atoms with E-state index < -0.39 is 13.4 Å². The summed E-state index contributed by atoms with van der Waals surface area (Å²) >= 11 is 0. The maximum absolute atomic E-state index is 11.8. The van der Waals surface area contributed by atoms with Gasteiger partial charge in [-0.15, -0.1) is 0 Å². The quantitative estimate of drug-likeness (QED) is 0.265. The third-order valence-corrected chi connectivity index (χ3v) is 6.47. The zero-order valence-electron chi connectivity index (χ0n) is 17.5. The number of nitrogens with zero attached hydrogens (tertiary/aromatic N) is 1. The molecule has 1 rings (SSSR count). The minimum Gasteiger partial charge on any atom is -0.357 e. The van der Waals surface area contributed by atoms with Crippen LogP contribution in [0.15, 0.2) is 0 Å². The standard InChI is InChI=1S/C20H42NO4P/c1-5-6-7-8-9-10-11-12-18-13-15-19(16-14-18)25-20(26(22,23)24)17-21(2,3)4/h18-20H,5-17H2,1-4H3,(H-,22,23,24)/p+1. The van der Waals surface area contributed by atoms with E-state index in [0.717, 1.165) is 31.6 Å². The highest BCUT2D eigenvalue weighted by Crippen LogP contribution is 2.44. The molecule has 0 aromatic heterocycles. The predicted molar refractivity (Wildman–Crippen MR) is 108 cm³/mol. The highest BCUT2D eigenvalue weighted by atomic mass is 31.2. The van der Waals surface area contributed by atoms with Gasteiger partial charge in [0.1, 0.15) is 6.54 Å². The molecule has 1 atom stereocenters. The summed E-state index contributed by atoms with van der Waals surface area (Å²) < 4.78 is 18.1. The van der Waals surface area contributed by atoms with E-state index in [9.17, 15) is 14.4 Å². The van der Waals surface area contributed by atoms with Gasteiger partial charge >= 0.3 is 7.60 Å². The van der Waals surface area contributed by atoms with Crippen molar-refractivity contribution in [2.75, 3.05) is 27.7 Å². The number of likely N-dealkylation sites (N-methyl/N-ethyl adjacent to an activating group) is 1. The molecule has 0 spiro atoms. The molecule has 1 unspecified atom stereocenters. The number of hydrogen-bond donors (Lipinski definition) is 2. The highest BCUT2D eigenvalue weighted by molar-refractivity contribution is 7.52. The molecular weight excluding hydrogens is 349 g/mol. The Morgan fingerprint density at radius 3 is 2.00 bits per heavy atom. The molecule has 26 heavy (non-hydrogen) atoms. The molecule has 1 saturated carbocycles. The van der Waals surface area contributed by atoms with Gasteiger partial charge in [0.2, 0.25) is 5.85 Å². The van der Waals surface area contributed by atoms with Gasteiger partial charge in [-0.25, -0.2) is 0 Å². The van der Waals surface area contributed by atoms with E-state index in [2.05, 4.69) is 6.92 Å². The van der Waals surface area contributed by atoms with Crippen LogP contribution in [0.1, 0.15) is 84.0 Å². The molecular formula is C20H43NO4P+. The van der Waals surface area contributed by atoms with Gasteiger partial charge in [0.15, 0.2) is 0 Å². The van der Waals surface area contributed by atoms with Crippen molar-refractivity contribution in [3.8, 4) is 0 Å². The molecule has 0 radical (unpaired) electrons. The van der Waals surface area contributed by atoms with Crippen LogP contribution in [-0.4, -0.2) is 53.9 Å². The first-order chi connectivity index (χ1) is 12.1. The average molecular weight is 393 g/mol. The first kappa shape index (κ1) is 24.1. The summed E-state index contributed by atoms with van der Waals surface area (Å²) in [5, 5.41) is 0. The van der Waals surface area contributed by atoms with Crippen LogP contribution in [0, 0.1) is 5.92 Å². The van der Waals surface area contributed by atoms with Gasteiger partial charge in [-0.05, 0) is 31.6 Å². The van der Waals surface area contributed by atoms with Gasteiger partial charge in [-0.1, -0.05) is 58.3 Å². The van der Waals surface area contributed by atoms with E-state index in [1.165, 1.54) is 51.4 Å². The molecule has 156 valence electrons. The van der Waals surface area contributed by atoms with E-state index in [4.69, 9.17) is 4.74 Å². The van der Waals surface area contributed by atoms with Gasteiger partial charge in [0.25, 0.3) is 0 Å². The van der Waals surface area contributed by atoms with E-state index in [0.29, 0.717) is 11.0 Å². The monoisotopic (exact) mass is 392 g/mol. The topological polar surface area (TPSA) is 66.8 Å². The Balaban J connectivity index is 2.24. The van der Waals surface area contributed by atoms with Crippen molar-refractivity contribution < 1.29 is 23.6 Å². The number of rotatable bonds is 13. The van der Waals surface area contributed by atoms with Crippen molar-refractivity contribution in [1.82, 2.24) is 0 Å². The van der Waals surface area contributed by atoms with Gasteiger partial charge < -0.3 is 19.0 Å². The Hall–Kier alpha value is 0.0700. The first-order valence-electron chi connectivity index (χ1n) is 10.6. The zero-order chi connectivity index (χ0) is 19.6. The fourth-order valence-electron chi connectivity index (χ4n) is 3.87. The van der Waals surface area contributed by atoms with Crippen molar-refractivity contribution >= 4 is 7.60 Å². The number of quaternary nitrogens is 1. The second-order valence-corrected chi connectivity index (χ2v) is 11.0. The number of unbranched alkanes of at least 4 members (excludes halogenated alkanes) is 6. The van der Waals surface area contributed by atoms with Crippen LogP contribution in [-0.2, 0) is 9.30 Å². The summed E-state index contributed by atoms with van der Waals surface area (Å²) in [5.74, 6) is -0.204. The lowest BCUT2D eigenvalue weighted by atomic mass is 9.84. The summed E-state index contributed by atoms with van der Waals surface area (Å²) in [6.07, 6.45) is 15.0. The van der Waals surface area contributed by atoms with Crippen LogP contribution in [0.2, 0.25) is 0 Å². The zero-order valence-corrected chi connectivity index (χ0v) is 18.4. The Kier molecular flexibility index (Phi) is 11.0. The van der Waals surface area contributed by atoms with Crippen LogP contribution in [0.4, 0.5) is 0 Å².